The number of benzene rings is 1. The summed E-state index contributed by atoms with van der Waals surface area (Å²) in [6.07, 6.45) is 1.45. The van der Waals surface area contributed by atoms with E-state index in [9.17, 15) is 10.1 Å². The van der Waals surface area contributed by atoms with Crippen molar-refractivity contribution in [1.29, 1.82) is 0 Å². The van der Waals surface area contributed by atoms with E-state index in [0.29, 0.717) is 15.1 Å². The van der Waals surface area contributed by atoms with Crippen molar-refractivity contribution in [3.05, 3.63) is 38.3 Å². The molecule has 0 heterocycles. The summed E-state index contributed by atoms with van der Waals surface area (Å²) in [7, 11) is 1.66. The number of hydrogen-bond donors (Lipinski definition) is 2. The Morgan fingerprint density at radius 2 is 2.35 bits per heavy atom. The molecule has 0 saturated heterocycles. The van der Waals surface area contributed by atoms with Gasteiger partial charge in [-0.1, -0.05) is 6.07 Å². The zero-order valence-corrected chi connectivity index (χ0v) is 11.2. The molecule has 0 bridgehead atoms. The summed E-state index contributed by atoms with van der Waals surface area (Å²) in [6, 6.07) is 4.71. The second-order valence-electron chi connectivity index (χ2n) is 2.92. The van der Waals surface area contributed by atoms with Crippen molar-refractivity contribution < 1.29 is 4.92 Å². The molecule has 0 aliphatic rings. The number of hydrazone groups is 1. The van der Waals surface area contributed by atoms with E-state index in [1.54, 1.807) is 19.2 Å². The molecule has 0 radical (unpaired) electrons. The number of nitro groups is 1. The minimum absolute atomic E-state index is 0.00913. The van der Waals surface area contributed by atoms with Crippen LogP contribution in [-0.2, 0) is 0 Å². The van der Waals surface area contributed by atoms with Crippen LogP contribution in [0.25, 0.3) is 0 Å². The number of halogens is 1. The minimum Gasteiger partial charge on any atom is -0.364 e. The maximum Gasteiger partial charge on any atom is 0.284 e. The molecular weight excluding hydrogens is 308 g/mol. The summed E-state index contributed by atoms with van der Waals surface area (Å²) < 4.78 is 0.429. The predicted molar refractivity (Wildman–Crippen MR) is 73.2 cm³/mol. The van der Waals surface area contributed by atoms with E-state index < -0.39 is 4.92 Å². The highest BCUT2D eigenvalue weighted by atomic mass is 79.9. The van der Waals surface area contributed by atoms with Gasteiger partial charge in [-0.15, -0.1) is 0 Å². The Bertz CT molecular complexity index is 478. The summed E-state index contributed by atoms with van der Waals surface area (Å²) in [5, 5.41) is 17.6. The molecule has 1 aromatic carbocycles. The van der Waals surface area contributed by atoms with Crippen LogP contribution < -0.4 is 10.7 Å². The van der Waals surface area contributed by atoms with Gasteiger partial charge >= 0.3 is 0 Å². The van der Waals surface area contributed by atoms with E-state index in [4.69, 9.17) is 12.2 Å². The monoisotopic (exact) mass is 316 g/mol. The lowest BCUT2D eigenvalue weighted by molar-refractivity contribution is -0.385. The number of thiocarbonyl (C=S) groups is 1. The van der Waals surface area contributed by atoms with Crippen LogP contribution in [0, 0.1) is 10.1 Å². The number of nitrogens with zero attached hydrogens (tertiary/aromatic N) is 2. The number of nitro benzene ring substituents is 1. The molecule has 90 valence electrons. The zero-order valence-electron chi connectivity index (χ0n) is 8.81. The molecule has 17 heavy (non-hydrogen) atoms. The van der Waals surface area contributed by atoms with Crippen molar-refractivity contribution in [3.8, 4) is 0 Å². The molecule has 2 N–H and O–H groups in total. The lowest BCUT2D eigenvalue weighted by Gasteiger charge is -2.00. The molecule has 0 aromatic heterocycles. The van der Waals surface area contributed by atoms with E-state index in [1.165, 1.54) is 12.3 Å². The van der Waals surface area contributed by atoms with Gasteiger partial charge in [0.05, 0.1) is 15.6 Å². The van der Waals surface area contributed by atoms with Gasteiger partial charge in [0, 0.05) is 18.7 Å². The van der Waals surface area contributed by atoms with E-state index in [-0.39, 0.29) is 5.69 Å². The van der Waals surface area contributed by atoms with Gasteiger partial charge in [-0.3, -0.25) is 15.5 Å². The van der Waals surface area contributed by atoms with E-state index in [2.05, 4.69) is 31.8 Å². The Kier molecular flexibility index (Phi) is 4.98. The van der Waals surface area contributed by atoms with Crippen molar-refractivity contribution >= 4 is 45.2 Å². The van der Waals surface area contributed by atoms with Crippen molar-refractivity contribution in [1.82, 2.24) is 10.7 Å². The standard InChI is InChI=1S/C9H9BrN4O2S/c1-11-9(17)13-12-5-6-2-3-7(10)8(4-6)14(15)16/h2-5H,1H3,(H2,11,13,17)/b12-5-. The Morgan fingerprint density at radius 3 is 2.94 bits per heavy atom. The molecule has 1 aromatic rings. The molecule has 8 heteroatoms. The number of nitrogens with one attached hydrogen (secondary N) is 2. The molecule has 0 aliphatic heterocycles. The Balaban J connectivity index is 2.82. The van der Waals surface area contributed by atoms with Crippen molar-refractivity contribution in [2.45, 2.75) is 0 Å². The van der Waals surface area contributed by atoms with E-state index >= 15 is 0 Å². The fourth-order valence-corrected chi connectivity index (χ4v) is 1.42. The zero-order chi connectivity index (χ0) is 12.8. The van der Waals surface area contributed by atoms with Gasteiger partial charge in [0.25, 0.3) is 5.69 Å². The Hall–Kier alpha value is -1.54. The highest BCUT2D eigenvalue weighted by Gasteiger charge is 2.11. The summed E-state index contributed by atoms with van der Waals surface area (Å²) in [6.45, 7) is 0. The van der Waals surface area contributed by atoms with Crippen molar-refractivity contribution in [2.24, 2.45) is 5.10 Å². The normalized spacial score (nSPS) is 10.2. The second-order valence-corrected chi connectivity index (χ2v) is 4.18. The Labute approximate surface area is 111 Å². The molecule has 0 aliphatic carbocycles. The van der Waals surface area contributed by atoms with E-state index in [1.807, 2.05) is 0 Å². The van der Waals surface area contributed by atoms with Crippen LogP contribution in [0.15, 0.2) is 27.8 Å². The first-order valence-corrected chi connectivity index (χ1v) is 5.69. The summed E-state index contributed by atoms with van der Waals surface area (Å²) in [5.74, 6) is 0. The van der Waals surface area contributed by atoms with Crippen LogP contribution in [0.4, 0.5) is 5.69 Å². The molecule has 0 fully saturated rings. The molecule has 1 rings (SSSR count). The number of rotatable bonds is 3. The lowest BCUT2D eigenvalue weighted by Crippen LogP contribution is -2.28. The molecule has 0 unspecified atom stereocenters. The highest BCUT2D eigenvalue weighted by molar-refractivity contribution is 9.10. The van der Waals surface area contributed by atoms with Gasteiger partial charge in [-0.05, 0) is 34.2 Å². The fraction of sp³-hybridized carbons (Fsp3) is 0.111. The lowest BCUT2D eigenvalue weighted by atomic mass is 10.2. The second kappa shape index (κ2) is 6.26. The fourth-order valence-electron chi connectivity index (χ4n) is 0.971. The van der Waals surface area contributed by atoms with Gasteiger partial charge in [0.1, 0.15) is 0 Å². The molecule has 0 spiro atoms. The van der Waals surface area contributed by atoms with Crippen LogP contribution in [0.5, 0.6) is 0 Å². The van der Waals surface area contributed by atoms with Gasteiger partial charge < -0.3 is 5.32 Å². The van der Waals surface area contributed by atoms with Crippen LogP contribution in [0.2, 0.25) is 0 Å². The largest absolute Gasteiger partial charge is 0.364 e. The van der Waals surface area contributed by atoms with Crippen LogP contribution in [0.3, 0.4) is 0 Å². The smallest absolute Gasteiger partial charge is 0.284 e. The predicted octanol–water partition coefficient (Wildman–Crippen LogP) is 1.79. The third-order valence-electron chi connectivity index (χ3n) is 1.77. The molecular formula is C9H9BrN4O2S. The average molecular weight is 317 g/mol. The van der Waals surface area contributed by atoms with E-state index in [0.717, 1.165) is 0 Å². The third-order valence-corrected chi connectivity index (χ3v) is 2.74. The van der Waals surface area contributed by atoms with Gasteiger partial charge in [0.2, 0.25) is 0 Å². The van der Waals surface area contributed by atoms with Crippen LogP contribution in [0.1, 0.15) is 5.56 Å². The quantitative estimate of drug-likeness (QED) is 0.384. The average Bonchev–Trinajstić information content (AvgIpc) is 2.30. The molecule has 0 saturated carbocycles. The topological polar surface area (TPSA) is 79.6 Å². The first-order valence-electron chi connectivity index (χ1n) is 4.49. The minimum atomic E-state index is -0.465. The third kappa shape index (κ3) is 4.08. The SMILES string of the molecule is CNC(=S)N/N=C\c1ccc(Br)c([N+](=O)[O-])c1. The molecule has 6 nitrogen and oxygen atoms in total. The van der Waals surface area contributed by atoms with Crippen LogP contribution >= 0.6 is 28.1 Å². The molecule has 0 amide bonds. The maximum absolute atomic E-state index is 10.7. The first-order chi connectivity index (χ1) is 8.04. The van der Waals surface area contributed by atoms with Crippen molar-refractivity contribution in [3.63, 3.8) is 0 Å². The maximum atomic E-state index is 10.7. The highest BCUT2D eigenvalue weighted by Crippen LogP contribution is 2.24. The summed E-state index contributed by atoms with van der Waals surface area (Å²) in [5.41, 5.74) is 3.15. The Morgan fingerprint density at radius 1 is 1.65 bits per heavy atom. The molecule has 0 atom stereocenters. The first kappa shape index (κ1) is 13.5. The van der Waals surface area contributed by atoms with Crippen LogP contribution in [-0.4, -0.2) is 23.3 Å². The summed E-state index contributed by atoms with van der Waals surface area (Å²) in [4.78, 5) is 10.2. The number of hydrogen-bond acceptors (Lipinski definition) is 4. The van der Waals surface area contributed by atoms with Crippen molar-refractivity contribution in [2.75, 3.05) is 7.05 Å². The van der Waals surface area contributed by atoms with Gasteiger partial charge in [-0.25, -0.2) is 0 Å². The summed E-state index contributed by atoms with van der Waals surface area (Å²) >= 11 is 7.91. The van der Waals surface area contributed by atoms with Gasteiger partial charge in [-0.2, -0.15) is 5.10 Å². The van der Waals surface area contributed by atoms with Gasteiger partial charge in [0.15, 0.2) is 5.11 Å².